The fraction of sp³-hybridized carbons (Fsp3) is 0.364. The first-order valence-corrected chi connectivity index (χ1v) is 5.63. The summed E-state index contributed by atoms with van der Waals surface area (Å²) in [6.07, 6.45) is 0. The van der Waals surface area contributed by atoms with Crippen molar-refractivity contribution in [2.24, 2.45) is 0 Å². The standard InChI is InChI=1S/C11H12ClNO5/c1-2-17-5-6-18-11(14)8-3-4-10(13(15)16)9(12)7-8/h3-4,7H,2,5-6H2,1H3. The maximum Gasteiger partial charge on any atom is 0.338 e. The van der Waals surface area contributed by atoms with E-state index in [4.69, 9.17) is 21.1 Å². The lowest BCUT2D eigenvalue weighted by Gasteiger charge is -2.05. The van der Waals surface area contributed by atoms with Gasteiger partial charge in [-0.05, 0) is 19.1 Å². The van der Waals surface area contributed by atoms with E-state index in [1.807, 2.05) is 6.92 Å². The molecule has 6 nitrogen and oxygen atoms in total. The lowest BCUT2D eigenvalue weighted by Crippen LogP contribution is -2.10. The number of ether oxygens (including phenoxy) is 2. The Morgan fingerprint density at radius 1 is 1.44 bits per heavy atom. The highest BCUT2D eigenvalue weighted by Gasteiger charge is 2.15. The fourth-order valence-corrected chi connectivity index (χ4v) is 1.45. The molecule has 0 fully saturated rings. The van der Waals surface area contributed by atoms with Crippen LogP contribution in [0.15, 0.2) is 18.2 Å². The predicted molar refractivity (Wildman–Crippen MR) is 64.9 cm³/mol. The number of nitro benzene ring substituents is 1. The molecule has 1 aromatic rings. The highest BCUT2D eigenvalue weighted by atomic mass is 35.5. The van der Waals surface area contributed by atoms with Crippen molar-refractivity contribution in [3.8, 4) is 0 Å². The second kappa shape index (κ2) is 6.93. The minimum atomic E-state index is -0.619. The molecule has 0 saturated heterocycles. The van der Waals surface area contributed by atoms with E-state index in [9.17, 15) is 14.9 Å². The molecule has 98 valence electrons. The first-order valence-electron chi connectivity index (χ1n) is 5.25. The van der Waals surface area contributed by atoms with E-state index < -0.39 is 10.9 Å². The number of nitrogens with zero attached hydrogens (tertiary/aromatic N) is 1. The fourth-order valence-electron chi connectivity index (χ4n) is 1.20. The molecule has 1 rings (SSSR count). The summed E-state index contributed by atoms with van der Waals surface area (Å²) in [6.45, 7) is 2.81. The Hall–Kier alpha value is -1.66. The lowest BCUT2D eigenvalue weighted by molar-refractivity contribution is -0.384. The molecule has 0 aliphatic rings. The van der Waals surface area contributed by atoms with Gasteiger partial charge in [-0.1, -0.05) is 11.6 Å². The zero-order chi connectivity index (χ0) is 13.5. The van der Waals surface area contributed by atoms with E-state index >= 15 is 0 Å². The minimum Gasteiger partial charge on any atom is -0.460 e. The van der Waals surface area contributed by atoms with Crippen molar-refractivity contribution >= 4 is 23.3 Å². The van der Waals surface area contributed by atoms with Crippen LogP contribution in [0.25, 0.3) is 0 Å². The van der Waals surface area contributed by atoms with Crippen LogP contribution < -0.4 is 0 Å². The van der Waals surface area contributed by atoms with Gasteiger partial charge in [0.15, 0.2) is 0 Å². The van der Waals surface area contributed by atoms with Gasteiger partial charge in [-0.2, -0.15) is 0 Å². The highest BCUT2D eigenvalue weighted by Crippen LogP contribution is 2.25. The van der Waals surface area contributed by atoms with Crippen molar-refractivity contribution in [2.45, 2.75) is 6.92 Å². The van der Waals surface area contributed by atoms with Crippen LogP contribution in [0.4, 0.5) is 5.69 Å². The summed E-state index contributed by atoms with van der Waals surface area (Å²) in [5.41, 5.74) is -0.0790. The summed E-state index contributed by atoms with van der Waals surface area (Å²) in [5, 5.41) is 10.4. The van der Waals surface area contributed by atoms with Crippen molar-refractivity contribution in [3.05, 3.63) is 38.9 Å². The molecule has 0 spiro atoms. The molecule has 1 aromatic carbocycles. The van der Waals surface area contributed by atoms with E-state index in [1.165, 1.54) is 18.2 Å². The summed E-state index contributed by atoms with van der Waals surface area (Å²) in [6, 6.07) is 3.68. The Kier molecular flexibility index (Phi) is 5.54. The Morgan fingerprint density at radius 2 is 2.17 bits per heavy atom. The number of hydrogen-bond acceptors (Lipinski definition) is 5. The largest absolute Gasteiger partial charge is 0.460 e. The number of hydrogen-bond donors (Lipinski definition) is 0. The van der Waals surface area contributed by atoms with E-state index in [0.29, 0.717) is 13.2 Å². The molecule has 0 unspecified atom stereocenters. The van der Waals surface area contributed by atoms with Crippen LogP contribution in [-0.4, -0.2) is 30.7 Å². The summed E-state index contributed by atoms with van der Waals surface area (Å²) in [5.74, 6) is -0.591. The summed E-state index contributed by atoms with van der Waals surface area (Å²) < 4.78 is 9.89. The van der Waals surface area contributed by atoms with Crippen LogP contribution in [0.1, 0.15) is 17.3 Å². The second-order valence-electron chi connectivity index (χ2n) is 3.26. The number of carbonyl (C=O) groups is 1. The Morgan fingerprint density at radius 3 is 2.72 bits per heavy atom. The predicted octanol–water partition coefficient (Wildman–Crippen LogP) is 2.44. The Labute approximate surface area is 109 Å². The Bertz CT molecular complexity index is 449. The van der Waals surface area contributed by atoms with Crippen LogP contribution in [0, 0.1) is 10.1 Å². The molecule has 0 N–H and O–H groups in total. The zero-order valence-electron chi connectivity index (χ0n) is 9.72. The van der Waals surface area contributed by atoms with Gasteiger partial charge in [0, 0.05) is 12.7 Å². The molecule has 0 bridgehead atoms. The molecule has 0 aliphatic carbocycles. The zero-order valence-corrected chi connectivity index (χ0v) is 10.5. The van der Waals surface area contributed by atoms with E-state index in [1.54, 1.807) is 0 Å². The quantitative estimate of drug-likeness (QED) is 0.344. The van der Waals surface area contributed by atoms with Gasteiger partial charge in [0.1, 0.15) is 11.6 Å². The third-order valence-corrected chi connectivity index (χ3v) is 2.35. The van der Waals surface area contributed by atoms with Gasteiger partial charge in [-0.3, -0.25) is 10.1 Å². The van der Waals surface area contributed by atoms with Crippen LogP contribution in [0.5, 0.6) is 0 Å². The van der Waals surface area contributed by atoms with Crippen LogP contribution >= 0.6 is 11.6 Å². The third-order valence-electron chi connectivity index (χ3n) is 2.05. The van der Waals surface area contributed by atoms with E-state index in [2.05, 4.69) is 0 Å². The topological polar surface area (TPSA) is 78.7 Å². The molecule has 18 heavy (non-hydrogen) atoms. The number of nitro groups is 1. The number of rotatable bonds is 6. The summed E-state index contributed by atoms with van der Waals surface area (Å²) in [4.78, 5) is 21.5. The maximum absolute atomic E-state index is 11.5. The minimum absolute atomic E-state index is 0.0979. The molecule has 0 radical (unpaired) electrons. The van der Waals surface area contributed by atoms with Gasteiger partial charge in [0.25, 0.3) is 5.69 Å². The van der Waals surface area contributed by atoms with E-state index in [-0.39, 0.29) is 22.9 Å². The van der Waals surface area contributed by atoms with Crippen molar-refractivity contribution in [1.29, 1.82) is 0 Å². The van der Waals surface area contributed by atoms with Crippen molar-refractivity contribution in [2.75, 3.05) is 19.8 Å². The van der Waals surface area contributed by atoms with Gasteiger partial charge < -0.3 is 9.47 Å². The summed E-state index contributed by atoms with van der Waals surface area (Å²) in [7, 11) is 0. The molecule has 7 heteroatoms. The van der Waals surface area contributed by atoms with Gasteiger partial charge >= 0.3 is 5.97 Å². The molecular weight excluding hydrogens is 262 g/mol. The molecule has 0 amide bonds. The van der Waals surface area contributed by atoms with Crippen LogP contribution in [0.3, 0.4) is 0 Å². The normalized spacial score (nSPS) is 10.1. The monoisotopic (exact) mass is 273 g/mol. The SMILES string of the molecule is CCOCCOC(=O)c1ccc([N+](=O)[O-])c(Cl)c1. The molecule has 0 atom stereocenters. The van der Waals surface area contributed by atoms with Crippen molar-refractivity contribution in [1.82, 2.24) is 0 Å². The molecule has 0 aromatic heterocycles. The number of carbonyl (C=O) groups excluding carboxylic acids is 1. The average molecular weight is 274 g/mol. The first kappa shape index (κ1) is 14.4. The van der Waals surface area contributed by atoms with Crippen molar-refractivity contribution < 1.29 is 19.2 Å². The number of halogens is 1. The van der Waals surface area contributed by atoms with Crippen molar-refractivity contribution in [3.63, 3.8) is 0 Å². The van der Waals surface area contributed by atoms with Crippen LogP contribution in [-0.2, 0) is 9.47 Å². The first-order chi connectivity index (χ1) is 8.56. The van der Waals surface area contributed by atoms with Gasteiger partial charge in [0.2, 0.25) is 0 Å². The molecular formula is C11H12ClNO5. The molecule has 0 aliphatic heterocycles. The number of esters is 1. The van der Waals surface area contributed by atoms with E-state index in [0.717, 1.165) is 0 Å². The molecule has 0 saturated carbocycles. The Balaban J connectivity index is 2.64. The highest BCUT2D eigenvalue weighted by molar-refractivity contribution is 6.33. The average Bonchev–Trinajstić information content (AvgIpc) is 2.33. The number of benzene rings is 1. The van der Waals surface area contributed by atoms with Gasteiger partial charge in [-0.15, -0.1) is 0 Å². The smallest absolute Gasteiger partial charge is 0.338 e. The maximum atomic E-state index is 11.5. The van der Waals surface area contributed by atoms with Gasteiger partial charge in [-0.25, -0.2) is 4.79 Å². The summed E-state index contributed by atoms with van der Waals surface area (Å²) >= 11 is 5.68. The lowest BCUT2D eigenvalue weighted by atomic mass is 10.2. The molecule has 0 heterocycles. The third kappa shape index (κ3) is 3.97. The van der Waals surface area contributed by atoms with Gasteiger partial charge in [0.05, 0.1) is 17.1 Å². The second-order valence-corrected chi connectivity index (χ2v) is 3.66. The van der Waals surface area contributed by atoms with Crippen LogP contribution in [0.2, 0.25) is 5.02 Å².